The molecule has 0 aliphatic carbocycles. The molecule has 54 heavy (non-hydrogen) atoms. The quantitative estimate of drug-likeness (QED) is 0.0578. The van der Waals surface area contributed by atoms with E-state index in [0.29, 0.717) is 44.7 Å². The van der Waals surface area contributed by atoms with Gasteiger partial charge in [0, 0.05) is 17.5 Å². The van der Waals surface area contributed by atoms with E-state index in [9.17, 15) is 29.8 Å². The van der Waals surface area contributed by atoms with Gasteiger partial charge in [-0.2, -0.15) is 0 Å². The number of pyridine rings is 2. The summed E-state index contributed by atoms with van der Waals surface area (Å²) in [5, 5.41) is 40.7. The highest BCUT2D eigenvalue weighted by Gasteiger charge is 2.15. The number of para-hydroxylation sites is 2. The van der Waals surface area contributed by atoms with Crippen molar-refractivity contribution in [1.29, 1.82) is 0 Å². The van der Waals surface area contributed by atoms with Gasteiger partial charge < -0.3 is 19.7 Å². The van der Waals surface area contributed by atoms with Crippen molar-refractivity contribution in [2.45, 2.75) is 11.9 Å². The fraction of sp³-hybridized carbons (Fsp3) is 0.0769. The van der Waals surface area contributed by atoms with E-state index in [1.54, 1.807) is 97.1 Å². The highest BCUT2D eigenvalue weighted by atomic mass is 79.9. The summed E-state index contributed by atoms with van der Waals surface area (Å²) < 4.78 is 10.1. The largest absolute Gasteiger partial charge is 0.508 e. The average Bonchev–Trinajstić information content (AvgIpc) is 3.20. The van der Waals surface area contributed by atoms with E-state index in [1.165, 1.54) is 37.4 Å². The maximum Gasteiger partial charge on any atom is 0.356 e. The third-order valence-electron chi connectivity index (χ3n) is 7.30. The van der Waals surface area contributed by atoms with Crippen LogP contribution in [0.15, 0.2) is 133 Å². The molecule has 0 fully saturated rings. The number of nitro groups is 2. The third-order valence-corrected chi connectivity index (χ3v) is 7.87. The lowest BCUT2D eigenvalue weighted by atomic mass is 10.0. The highest BCUT2D eigenvalue weighted by Crippen LogP contribution is 2.31. The van der Waals surface area contributed by atoms with Crippen LogP contribution in [0.3, 0.4) is 0 Å². The predicted octanol–water partition coefficient (Wildman–Crippen LogP) is 8.66. The van der Waals surface area contributed by atoms with Crippen LogP contribution in [0.2, 0.25) is 0 Å². The molecule has 4 aromatic carbocycles. The van der Waals surface area contributed by atoms with Gasteiger partial charge in [0.25, 0.3) is 11.4 Å². The van der Waals surface area contributed by atoms with Crippen molar-refractivity contribution in [3.8, 4) is 33.8 Å². The van der Waals surface area contributed by atoms with Crippen molar-refractivity contribution in [2.75, 3.05) is 7.11 Å². The summed E-state index contributed by atoms with van der Waals surface area (Å²) in [4.78, 5) is 51.0. The Labute approximate surface area is 316 Å². The summed E-state index contributed by atoms with van der Waals surface area (Å²) >= 11 is 3.25. The number of nitrogens with zero attached hydrogens (tertiary/aromatic N) is 4. The van der Waals surface area contributed by atoms with Crippen LogP contribution in [0.4, 0.5) is 11.4 Å². The minimum atomic E-state index is -1.10. The number of phenols is 1. The molecular formula is C39H31BrN4O10. The van der Waals surface area contributed by atoms with Gasteiger partial charge in [0.15, 0.2) is 0 Å². The molecule has 0 radical (unpaired) electrons. The minimum absolute atomic E-state index is 0.0378. The number of aromatic carboxylic acids is 1. The predicted molar refractivity (Wildman–Crippen MR) is 202 cm³/mol. The molecule has 0 saturated carbocycles. The summed E-state index contributed by atoms with van der Waals surface area (Å²) in [6, 6.07) is 36.1. The Balaban J connectivity index is 0.000000198. The number of aromatic nitrogens is 2. The number of carbonyl (C=O) groups is 2. The Kier molecular flexibility index (Phi) is 14.4. The molecule has 0 saturated heterocycles. The number of halogens is 1. The van der Waals surface area contributed by atoms with Crippen LogP contribution in [0, 0.1) is 20.2 Å². The fourth-order valence-electron chi connectivity index (χ4n) is 4.73. The van der Waals surface area contributed by atoms with Gasteiger partial charge in [0.05, 0.1) is 39.5 Å². The molecule has 14 nitrogen and oxygen atoms in total. The van der Waals surface area contributed by atoms with E-state index < -0.39 is 21.8 Å². The first-order chi connectivity index (χ1) is 26.0. The zero-order valence-electron chi connectivity index (χ0n) is 28.4. The van der Waals surface area contributed by atoms with Gasteiger partial charge in [-0.3, -0.25) is 20.2 Å². The van der Waals surface area contributed by atoms with E-state index in [0.717, 1.165) is 5.69 Å². The number of aromatic hydroxyl groups is 1. The lowest BCUT2D eigenvalue weighted by molar-refractivity contribution is -0.384. The van der Waals surface area contributed by atoms with E-state index in [1.807, 2.05) is 6.07 Å². The zero-order valence-corrected chi connectivity index (χ0v) is 30.0. The Hall–Kier alpha value is -7.00. The molecule has 2 heterocycles. The van der Waals surface area contributed by atoms with E-state index >= 15 is 0 Å². The Bertz CT molecular complexity index is 2230. The normalized spacial score (nSPS) is 10.0. The average molecular weight is 796 g/mol. The third kappa shape index (κ3) is 11.2. The van der Waals surface area contributed by atoms with Gasteiger partial charge in [-0.25, -0.2) is 19.6 Å². The monoisotopic (exact) mass is 794 g/mol. The SMILES string of the molecule is COC(=O)c1cccc(CBr)n1.O=C(O)c1cccc(COc2ccc(-c3ccccc3[N+](=O)[O-])cc2)n1.O=[N+]([O-])c1ccccc1-c1ccc(O)cc1. The number of esters is 1. The van der Waals surface area contributed by atoms with Crippen molar-refractivity contribution in [1.82, 2.24) is 9.97 Å². The van der Waals surface area contributed by atoms with E-state index in [-0.39, 0.29) is 29.4 Å². The number of ether oxygens (including phenoxy) is 2. The number of hydrogen-bond acceptors (Lipinski definition) is 11. The molecule has 0 amide bonds. The first-order valence-corrected chi connectivity index (χ1v) is 16.9. The van der Waals surface area contributed by atoms with Crippen LogP contribution in [-0.2, 0) is 16.7 Å². The fourth-order valence-corrected chi connectivity index (χ4v) is 5.05. The van der Waals surface area contributed by atoms with E-state index in [4.69, 9.17) is 14.9 Å². The van der Waals surface area contributed by atoms with Gasteiger partial charge in [0.2, 0.25) is 0 Å². The number of hydrogen-bond donors (Lipinski definition) is 2. The highest BCUT2D eigenvalue weighted by molar-refractivity contribution is 9.08. The van der Waals surface area contributed by atoms with Crippen LogP contribution in [0.1, 0.15) is 32.4 Å². The van der Waals surface area contributed by atoms with Crippen molar-refractivity contribution >= 4 is 39.2 Å². The molecule has 0 aliphatic heterocycles. The van der Waals surface area contributed by atoms with Crippen molar-refractivity contribution in [2.24, 2.45) is 0 Å². The first-order valence-electron chi connectivity index (χ1n) is 15.8. The van der Waals surface area contributed by atoms with Gasteiger partial charge in [-0.1, -0.05) is 76.6 Å². The van der Waals surface area contributed by atoms with Crippen LogP contribution < -0.4 is 4.74 Å². The second-order valence-corrected chi connectivity index (χ2v) is 11.4. The number of carboxylic acids is 1. The number of nitro benzene ring substituents is 2. The molecule has 0 atom stereocenters. The summed E-state index contributed by atoms with van der Waals surface area (Å²) in [6.45, 7) is 0.117. The molecule has 0 spiro atoms. The molecular weight excluding hydrogens is 764 g/mol. The number of alkyl halides is 1. The van der Waals surface area contributed by atoms with Gasteiger partial charge in [-0.15, -0.1) is 0 Å². The van der Waals surface area contributed by atoms with Crippen LogP contribution in [-0.4, -0.2) is 49.1 Å². The van der Waals surface area contributed by atoms with Crippen molar-refractivity contribution in [3.63, 3.8) is 0 Å². The lowest BCUT2D eigenvalue weighted by Gasteiger charge is -2.08. The topological polar surface area (TPSA) is 205 Å². The Morgan fingerprint density at radius 1 is 0.667 bits per heavy atom. The molecule has 0 unspecified atom stereocenters. The van der Waals surface area contributed by atoms with E-state index in [2.05, 4.69) is 30.6 Å². The van der Waals surface area contributed by atoms with Crippen LogP contribution in [0.5, 0.6) is 11.5 Å². The van der Waals surface area contributed by atoms with Crippen LogP contribution >= 0.6 is 15.9 Å². The standard InChI is InChI=1S/C19H14N2O5.C12H9NO3.C8H8BrNO2/c22-19(23)17-6-3-4-14(20-17)12-26-15-10-8-13(9-11-15)16-5-1-2-7-18(16)21(24)25;14-10-7-5-9(6-8-10)11-3-1-2-4-12(11)13(15)16;1-12-8(11)7-4-2-3-6(5-9)10-7/h1-11H,12H2,(H,22,23);1-8,14H;2-4H,5H2,1H3. The molecule has 274 valence electrons. The molecule has 2 aromatic heterocycles. The first kappa shape index (κ1) is 39.8. The summed E-state index contributed by atoms with van der Waals surface area (Å²) in [7, 11) is 1.34. The second-order valence-electron chi connectivity index (χ2n) is 10.9. The van der Waals surface area contributed by atoms with Gasteiger partial charge in [-0.05, 0) is 71.8 Å². The van der Waals surface area contributed by atoms with Crippen LogP contribution in [0.25, 0.3) is 22.3 Å². The number of methoxy groups -OCH3 is 1. The number of rotatable bonds is 10. The molecule has 2 N–H and O–H groups in total. The smallest absolute Gasteiger partial charge is 0.356 e. The molecule has 0 bridgehead atoms. The summed E-state index contributed by atoms with van der Waals surface area (Å²) in [5.74, 6) is -0.810. The number of phenolic OH excluding ortho intramolecular Hbond substituents is 1. The number of benzene rings is 4. The summed E-state index contributed by atoms with van der Waals surface area (Å²) in [5.41, 5.74) is 4.20. The minimum Gasteiger partial charge on any atom is -0.508 e. The molecule has 15 heteroatoms. The second kappa shape index (κ2) is 19.6. The molecule has 0 aliphatic rings. The molecule has 6 aromatic rings. The van der Waals surface area contributed by atoms with Crippen molar-refractivity contribution < 1.29 is 39.1 Å². The zero-order chi connectivity index (χ0) is 39.0. The summed E-state index contributed by atoms with van der Waals surface area (Å²) in [6.07, 6.45) is 0. The van der Waals surface area contributed by atoms with Crippen molar-refractivity contribution in [3.05, 3.63) is 176 Å². The van der Waals surface area contributed by atoms with Gasteiger partial charge >= 0.3 is 11.9 Å². The lowest BCUT2D eigenvalue weighted by Crippen LogP contribution is -2.04. The Morgan fingerprint density at radius 2 is 1.15 bits per heavy atom. The number of carboxylic acid groups (broad SMARTS) is 1. The number of carbonyl (C=O) groups excluding carboxylic acids is 1. The maximum absolute atomic E-state index is 11.1. The van der Waals surface area contributed by atoms with Gasteiger partial charge in [0.1, 0.15) is 29.5 Å². The Morgan fingerprint density at radius 3 is 1.65 bits per heavy atom. The maximum atomic E-state index is 11.1. The molecule has 6 rings (SSSR count).